The lowest BCUT2D eigenvalue weighted by molar-refractivity contribution is 0.0466. The second kappa shape index (κ2) is 6.33. The molecule has 2 nitrogen and oxygen atoms in total. The molecule has 1 aliphatic carbocycles. The number of benzene rings is 1. The summed E-state index contributed by atoms with van der Waals surface area (Å²) in [5.74, 6) is 2.92. The van der Waals surface area contributed by atoms with Crippen LogP contribution in [0.25, 0.3) is 0 Å². The molecule has 1 aromatic rings. The van der Waals surface area contributed by atoms with Crippen LogP contribution in [0.3, 0.4) is 0 Å². The first-order valence-electron chi connectivity index (χ1n) is 7.19. The maximum absolute atomic E-state index is 6.26. The molecular weight excluding hydrogens is 349 g/mol. The number of ether oxygens (including phenoxy) is 1. The summed E-state index contributed by atoms with van der Waals surface area (Å²) in [5, 5.41) is 0. The standard InChI is InChI=1S/C16H24INO/c1-10(2)13-6-4-11(3)8-16(13)19-15-7-5-12(17)9-14(15)18/h5,7,9-11,13,16H,4,6,8,18H2,1-3H3. The van der Waals surface area contributed by atoms with Gasteiger partial charge in [-0.15, -0.1) is 0 Å². The van der Waals surface area contributed by atoms with Gasteiger partial charge in [0.15, 0.2) is 0 Å². The lowest BCUT2D eigenvalue weighted by atomic mass is 9.75. The maximum Gasteiger partial charge on any atom is 0.142 e. The first kappa shape index (κ1) is 14.9. The molecule has 19 heavy (non-hydrogen) atoms. The molecule has 106 valence electrons. The lowest BCUT2D eigenvalue weighted by Gasteiger charge is -2.37. The van der Waals surface area contributed by atoms with Crippen molar-refractivity contribution in [3.63, 3.8) is 0 Å². The number of hydrogen-bond acceptors (Lipinski definition) is 2. The Balaban J connectivity index is 2.14. The van der Waals surface area contributed by atoms with Crippen molar-refractivity contribution in [3.05, 3.63) is 21.8 Å². The molecule has 0 aliphatic heterocycles. The molecular formula is C16H24INO. The van der Waals surface area contributed by atoms with Gasteiger partial charge in [0, 0.05) is 3.57 Å². The molecule has 0 spiro atoms. The fraction of sp³-hybridized carbons (Fsp3) is 0.625. The molecule has 2 N–H and O–H groups in total. The van der Waals surface area contributed by atoms with E-state index in [1.54, 1.807) is 0 Å². The molecule has 0 aromatic heterocycles. The summed E-state index contributed by atoms with van der Waals surface area (Å²) >= 11 is 2.28. The zero-order valence-electron chi connectivity index (χ0n) is 12.0. The Hall–Kier alpha value is -0.450. The van der Waals surface area contributed by atoms with Crippen molar-refractivity contribution in [1.82, 2.24) is 0 Å². The van der Waals surface area contributed by atoms with Crippen molar-refractivity contribution in [2.75, 3.05) is 5.73 Å². The summed E-state index contributed by atoms with van der Waals surface area (Å²) in [4.78, 5) is 0. The van der Waals surface area contributed by atoms with Crippen molar-refractivity contribution >= 4 is 28.3 Å². The lowest BCUT2D eigenvalue weighted by Crippen LogP contribution is -2.36. The van der Waals surface area contributed by atoms with Gasteiger partial charge >= 0.3 is 0 Å². The van der Waals surface area contributed by atoms with Crippen LogP contribution in [0, 0.1) is 21.3 Å². The van der Waals surface area contributed by atoms with Crippen LogP contribution >= 0.6 is 22.6 Å². The first-order chi connectivity index (χ1) is 8.97. The number of hydrogen-bond donors (Lipinski definition) is 1. The highest BCUT2D eigenvalue weighted by Gasteiger charge is 2.32. The van der Waals surface area contributed by atoms with Gasteiger partial charge in [0.2, 0.25) is 0 Å². The van der Waals surface area contributed by atoms with Crippen molar-refractivity contribution in [2.45, 2.75) is 46.1 Å². The Morgan fingerprint density at radius 1 is 1.32 bits per heavy atom. The molecule has 0 radical (unpaired) electrons. The quantitative estimate of drug-likeness (QED) is 0.615. The maximum atomic E-state index is 6.26. The molecule has 3 heteroatoms. The largest absolute Gasteiger partial charge is 0.488 e. The molecule has 3 unspecified atom stereocenters. The Morgan fingerprint density at radius 3 is 2.68 bits per heavy atom. The third-order valence-electron chi connectivity index (χ3n) is 4.21. The molecule has 0 saturated heterocycles. The molecule has 1 saturated carbocycles. The summed E-state index contributed by atoms with van der Waals surface area (Å²) < 4.78 is 7.41. The summed E-state index contributed by atoms with van der Waals surface area (Å²) in [6.45, 7) is 6.92. The molecule has 0 amide bonds. The van der Waals surface area contributed by atoms with E-state index in [1.807, 2.05) is 12.1 Å². The Kier molecular flexibility index (Phi) is 4.98. The molecule has 1 aromatic carbocycles. The van der Waals surface area contributed by atoms with Gasteiger partial charge in [0.05, 0.1) is 5.69 Å². The van der Waals surface area contributed by atoms with Gasteiger partial charge in [-0.3, -0.25) is 0 Å². The number of nitrogen functional groups attached to an aromatic ring is 1. The molecule has 0 heterocycles. The van der Waals surface area contributed by atoms with Gasteiger partial charge in [0.25, 0.3) is 0 Å². The van der Waals surface area contributed by atoms with Crippen LogP contribution in [0.1, 0.15) is 40.0 Å². The van der Waals surface area contributed by atoms with E-state index in [-0.39, 0.29) is 0 Å². The minimum Gasteiger partial charge on any atom is -0.488 e. The number of nitrogens with two attached hydrogens (primary N) is 1. The van der Waals surface area contributed by atoms with E-state index < -0.39 is 0 Å². The van der Waals surface area contributed by atoms with E-state index in [1.165, 1.54) is 12.8 Å². The van der Waals surface area contributed by atoms with E-state index in [4.69, 9.17) is 10.5 Å². The molecule has 1 fully saturated rings. The average Bonchev–Trinajstić information content (AvgIpc) is 2.32. The molecule has 0 bridgehead atoms. The predicted octanol–water partition coefficient (Wildman–Crippen LogP) is 4.71. The molecule has 3 atom stereocenters. The molecule has 1 aliphatic rings. The second-order valence-electron chi connectivity index (χ2n) is 6.16. The summed E-state index contributed by atoms with van der Waals surface area (Å²) in [6, 6.07) is 6.04. The Morgan fingerprint density at radius 2 is 2.05 bits per heavy atom. The van der Waals surface area contributed by atoms with E-state index in [9.17, 15) is 0 Å². The topological polar surface area (TPSA) is 35.2 Å². The van der Waals surface area contributed by atoms with E-state index in [0.717, 1.165) is 27.3 Å². The third kappa shape index (κ3) is 3.77. The predicted molar refractivity (Wildman–Crippen MR) is 89.3 cm³/mol. The van der Waals surface area contributed by atoms with Crippen molar-refractivity contribution in [1.29, 1.82) is 0 Å². The van der Waals surface area contributed by atoms with Crippen LogP contribution in [0.5, 0.6) is 5.75 Å². The van der Waals surface area contributed by atoms with E-state index in [2.05, 4.69) is 49.4 Å². The Bertz CT molecular complexity index is 433. The fourth-order valence-electron chi connectivity index (χ4n) is 3.04. The zero-order valence-corrected chi connectivity index (χ0v) is 14.2. The monoisotopic (exact) mass is 373 g/mol. The highest BCUT2D eigenvalue weighted by atomic mass is 127. The SMILES string of the molecule is CC1CCC(C(C)C)C(Oc2ccc(I)cc2N)C1. The van der Waals surface area contributed by atoms with Gasteiger partial charge in [0.1, 0.15) is 11.9 Å². The van der Waals surface area contributed by atoms with Crippen LogP contribution in [0.2, 0.25) is 0 Å². The van der Waals surface area contributed by atoms with Crippen LogP contribution in [-0.2, 0) is 0 Å². The number of halogens is 1. The van der Waals surface area contributed by atoms with Gasteiger partial charge < -0.3 is 10.5 Å². The second-order valence-corrected chi connectivity index (χ2v) is 7.41. The van der Waals surface area contributed by atoms with Gasteiger partial charge in [-0.25, -0.2) is 0 Å². The van der Waals surface area contributed by atoms with Crippen LogP contribution in [-0.4, -0.2) is 6.10 Å². The van der Waals surface area contributed by atoms with Gasteiger partial charge in [-0.2, -0.15) is 0 Å². The van der Waals surface area contributed by atoms with Crippen LogP contribution < -0.4 is 10.5 Å². The fourth-order valence-corrected chi connectivity index (χ4v) is 3.56. The zero-order chi connectivity index (χ0) is 14.0. The van der Waals surface area contributed by atoms with Crippen molar-refractivity contribution in [2.24, 2.45) is 17.8 Å². The van der Waals surface area contributed by atoms with E-state index in [0.29, 0.717) is 17.9 Å². The Labute approximate surface area is 130 Å². The highest BCUT2D eigenvalue weighted by Crippen LogP contribution is 2.37. The van der Waals surface area contributed by atoms with E-state index >= 15 is 0 Å². The van der Waals surface area contributed by atoms with Crippen molar-refractivity contribution < 1.29 is 4.74 Å². The number of anilines is 1. The van der Waals surface area contributed by atoms with Gasteiger partial charge in [-0.1, -0.05) is 27.2 Å². The first-order valence-corrected chi connectivity index (χ1v) is 8.27. The minimum absolute atomic E-state index is 0.311. The minimum atomic E-state index is 0.311. The van der Waals surface area contributed by atoms with Crippen molar-refractivity contribution in [3.8, 4) is 5.75 Å². The third-order valence-corrected chi connectivity index (χ3v) is 4.88. The van der Waals surface area contributed by atoms with Crippen LogP contribution in [0.15, 0.2) is 18.2 Å². The molecule has 2 rings (SSSR count). The number of rotatable bonds is 3. The average molecular weight is 373 g/mol. The summed E-state index contributed by atoms with van der Waals surface area (Å²) in [7, 11) is 0. The summed E-state index contributed by atoms with van der Waals surface area (Å²) in [5.41, 5.74) is 6.82. The highest BCUT2D eigenvalue weighted by molar-refractivity contribution is 14.1. The van der Waals surface area contributed by atoms with Crippen LogP contribution in [0.4, 0.5) is 5.69 Å². The normalized spacial score (nSPS) is 27.5. The smallest absolute Gasteiger partial charge is 0.142 e. The summed E-state index contributed by atoms with van der Waals surface area (Å²) in [6.07, 6.45) is 4.05. The van der Waals surface area contributed by atoms with Gasteiger partial charge in [-0.05, 0) is 71.4 Å².